The second-order valence-corrected chi connectivity index (χ2v) is 7.14. The zero-order chi connectivity index (χ0) is 16.8. The molecule has 4 nitrogen and oxygen atoms in total. The zero-order valence-corrected chi connectivity index (χ0v) is 14.7. The molecule has 0 unspecified atom stereocenters. The Bertz CT molecular complexity index is 539. The van der Waals surface area contributed by atoms with E-state index < -0.39 is 0 Å². The lowest BCUT2D eigenvalue weighted by atomic mass is 10.0. The van der Waals surface area contributed by atoms with E-state index in [1.807, 2.05) is 24.3 Å². The maximum Gasteiger partial charge on any atom is 0.222 e. The average molecular weight is 331 g/mol. The minimum absolute atomic E-state index is 0.370. The minimum atomic E-state index is 0.370. The van der Waals surface area contributed by atoms with Crippen molar-refractivity contribution in [1.29, 1.82) is 0 Å². The maximum atomic E-state index is 12.4. The third kappa shape index (κ3) is 4.43. The summed E-state index contributed by atoms with van der Waals surface area (Å²) in [5.41, 5.74) is 0. The van der Waals surface area contributed by atoms with Crippen molar-refractivity contribution in [1.82, 2.24) is 4.90 Å². The summed E-state index contributed by atoms with van der Waals surface area (Å²) in [5.74, 6) is 3.15. The van der Waals surface area contributed by atoms with Gasteiger partial charge in [0.2, 0.25) is 5.91 Å². The number of carbonyl (C=O) groups is 1. The zero-order valence-electron chi connectivity index (χ0n) is 14.7. The Morgan fingerprint density at radius 2 is 1.88 bits per heavy atom. The predicted molar refractivity (Wildman–Crippen MR) is 94.4 cm³/mol. The van der Waals surface area contributed by atoms with Gasteiger partial charge in [0.1, 0.15) is 0 Å². The van der Waals surface area contributed by atoms with E-state index >= 15 is 0 Å². The van der Waals surface area contributed by atoms with E-state index in [9.17, 15) is 4.79 Å². The molecule has 1 amide bonds. The van der Waals surface area contributed by atoms with Gasteiger partial charge < -0.3 is 14.4 Å². The first-order chi connectivity index (χ1) is 11.8. The molecule has 132 valence electrons. The number of ether oxygens (including phenoxy) is 2. The van der Waals surface area contributed by atoms with Gasteiger partial charge in [0, 0.05) is 19.5 Å². The Morgan fingerprint density at radius 1 is 1.12 bits per heavy atom. The third-order valence-electron chi connectivity index (χ3n) is 5.43. The second kappa shape index (κ2) is 8.41. The van der Waals surface area contributed by atoms with Crippen molar-refractivity contribution in [2.24, 2.45) is 11.8 Å². The monoisotopic (exact) mass is 331 g/mol. The van der Waals surface area contributed by atoms with Crippen LogP contribution in [0.3, 0.4) is 0 Å². The summed E-state index contributed by atoms with van der Waals surface area (Å²) >= 11 is 0. The Morgan fingerprint density at radius 3 is 2.62 bits per heavy atom. The molecule has 0 bridgehead atoms. The summed E-state index contributed by atoms with van der Waals surface area (Å²) in [6.07, 6.45) is 7.97. The van der Waals surface area contributed by atoms with Crippen LogP contribution in [0.5, 0.6) is 11.5 Å². The molecule has 24 heavy (non-hydrogen) atoms. The minimum Gasteiger partial charge on any atom is -0.493 e. The number of hydrogen-bond donors (Lipinski definition) is 0. The molecule has 2 aliphatic rings. The van der Waals surface area contributed by atoms with Gasteiger partial charge in [-0.2, -0.15) is 0 Å². The lowest BCUT2D eigenvalue weighted by Gasteiger charge is -2.19. The van der Waals surface area contributed by atoms with Crippen molar-refractivity contribution < 1.29 is 14.3 Å². The van der Waals surface area contributed by atoms with Gasteiger partial charge in [-0.1, -0.05) is 25.0 Å². The van der Waals surface area contributed by atoms with Crippen LogP contribution in [0.1, 0.15) is 44.9 Å². The first kappa shape index (κ1) is 17.1. The van der Waals surface area contributed by atoms with E-state index in [0.717, 1.165) is 43.9 Å². The number of methoxy groups -OCH3 is 1. The number of likely N-dealkylation sites (tertiary alicyclic amines) is 1. The highest BCUT2D eigenvalue weighted by Gasteiger charge is 2.28. The van der Waals surface area contributed by atoms with Crippen molar-refractivity contribution in [2.75, 3.05) is 26.8 Å². The quantitative estimate of drug-likeness (QED) is 0.761. The molecule has 1 heterocycles. The molecule has 3 rings (SSSR count). The Balaban J connectivity index is 1.39. The van der Waals surface area contributed by atoms with Crippen molar-refractivity contribution in [3.63, 3.8) is 0 Å². The molecule has 1 aromatic carbocycles. The Hall–Kier alpha value is -1.71. The van der Waals surface area contributed by atoms with E-state index in [2.05, 4.69) is 4.90 Å². The van der Waals surface area contributed by atoms with Gasteiger partial charge in [-0.25, -0.2) is 0 Å². The summed E-state index contributed by atoms with van der Waals surface area (Å²) in [6, 6.07) is 7.74. The number of carbonyl (C=O) groups excluding carboxylic acids is 1. The van der Waals surface area contributed by atoms with Crippen LogP contribution in [0.25, 0.3) is 0 Å². The SMILES string of the molecule is COc1ccccc1OCC[C@H]1CCN(C(=O)CC2CCCC2)C1. The molecule has 2 fully saturated rings. The fourth-order valence-corrected chi connectivity index (χ4v) is 3.96. The van der Waals surface area contributed by atoms with E-state index in [1.54, 1.807) is 7.11 Å². The molecule has 1 saturated carbocycles. The number of hydrogen-bond acceptors (Lipinski definition) is 3. The standard InChI is InChI=1S/C20H29NO3/c1-23-18-8-4-5-9-19(18)24-13-11-17-10-12-21(15-17)20(22)14-16-6-2-3-7-16/h4-5,8-9,16-17H,2-3,6-7,10-15H2,1H3/t17-/m1/s1. The lowest BCUT2D eigenvalue weighted by molar-refractivity contribution is -0.131. The molecule has 1 atom stereocenters. The number of nitrogens with zero attached hydrogens (tertiary/aromatic N) is 1. The van der Waals surface area contributed by atoms with Gasteiger partial charge in [-0.3, -0.25) is 4.79 Å². The third-order valence-corrected chi connectivity index (χ3v) is 5.43. The van der Waals surface area contributed by atoms with E-state index in [1.165, 1.54) is 25.7 Å². The Kier molecular flexibility index (Phi) is 6.00. The van der Waals surface area contributed by atoms with Crippen LogP contribution in [0, 0.1) is 11.8 Å². The normalized spacial score (nSPS) is 21.2. The summed E-state index contributed by atoms with van der Waals surface area (Å²) in [6.45, 7) is 2.50. The maximum absolute atomic E-state index is 12.4. The first-order valence-electron chi connectivity index (χ1n) is 9.30. The summed E-state index contributed by atoms with van der Waals surface area (Å²) in [5, 5.41) is 0. The van der Waals surface area contributed by atoms with Crippen molar-refractivity contribution in [3.05, 3.63) is 24.3 Å². The van der Waals surface area contributed by atoms with Crippen LogP contribution < -0.4 is 9.47 Å². The molecular formula is C20H29NO3. The van der Waals surface area contributed by atoms with Crippen LogP contribution >= 0.6 is 0 Å². The molecule has 0 aromatic heterocycles. The highest BCUT2D eigenvalue weighted by Crippen LogP contribution is 2.30. The van der Waals surface area contributed by atoms with Crippen molar-refractivity contribution >= 4 is 5.91 Å². The largest absolute Gasteiger partial charge is 0.493 e. The fraction of sp³-hybridized carbons (Fsp3) is 0.650. The van der Waals surface area contributed by atoms with E-state index in [-0.39, 0.29) is 0 Å². The molecule has 0 radical (unpaired) electrons. The number of benzene rings is 1. The highest BCUT2D eigenvalue weighted by molar-refractivity contribution is 5.76. The van der Waals surface area contributed by atoms with Crippen molar-refractivity contribution in [3.8, 4) is 11.5 Å². The van der Waals surface area contributed by atoms with Crippen LogP contribution in [-0.4, -0.2) is 37.6 Å². The van der Waals surface area contributed by atoms with Gasteiger partial charge in [0.25, 0.3) is 0 Å². The molecular weight excluding hydrogens is 302 g/mol. The molecule has 0 N–H and O–H groups in total. The van der Waals surface area contributed by atoms with E-state index in [0.29, 0.717) is 24.3 Å². The van der Waals surface area contributed by atoms with Gasteiger partial charge in [-0.05, 0) is 49.7 Å². The molecule has 4 heteroatoms. The Labute approximate surface area is 145 Å². The van der Waals surface area contributed by atoms with Gasteiger partial charge >= 0.3 is 0 Å². The number of amides is 1. The number of para-hydroxylation sites is 2. The molecule has 1 aliphatic carbocycles. The number of rotatable bonds is 7. The fourth-order valence-electron chi connectivity index (χ4n) is 3.96. The van der Waals surface area contributed by atoms with Crippen LogP contribution in [0.4, 0.5) is 0 Å². The van der Waals surface area contributed by atoms with Gasteiger partial charge in [0.05, 0.1) is 13.7 Å². The topological polar surface area (TPSA) is 38.8 Å². The highest BCUT2D eigenvalue weighted by atomic mass is 16.5. The smallest absolute Gasteiger partial charge is 0.222 e. The molecule has 1 saturated heterocycles. The van der Waals surface area contributed by atoms with Gasteiger partial charge in [0.15, 0.2) is 11.5 Å². The molecule has 0 spiro atoms. The lowest BCUT2D eigenvalue weighted by Crippen LogP contribution is -2.30. The van der Waals surface area contributed by atoms with Crippen LogP contribution in [-0.2, 0) is 4.79 Å². The predicted octanol–water partition coefficient (Wildman–Crippen LogP) is 3.89. The molecule has 1 aromatic rings. The van der Waals surface area contributed by atoms with Crippen molar-refractivity contribution in [2.45, 2.75) is 44.9 Å². The second-order valence-electron chi connectivity index (χ2n) is 7.14. The first-order valence-corrected chi connectivity index (χ1v) is 9.30. The van der Waals surface area contributed by atoms with Crippen LogP contribution in [0.15, 0.2) is 24.3 Å². The summed E-state index contributed by atoms with van der Waals surface area (Å²) in [7, 11) is 1.66. The van der Waals surface area contributed by atoms with E-state index in [4.69, 9.17) is 9.47 Å². The van der Waals surface area contributed by atoms with Gasteiger partial charge in [-0.15, -0.1) is 0 Å². The summed E-state index contributed by atoms with van der Waals surface area (Å²) < 4.78 is 11.2. The summed E-state index contributed by atoms with van der Waals surface area (Å²) in [4.78, 5) is 14.5. The van der Waals surface area contributed by atoms with Crippen LogP contribution in [0.2, 0.25) is 0 Å². The average Bonchev–Trinajstić information content (AvgIpc) is 3.27. The molecule has 1 aliphatic heterocycles.